The number of imidazole rings is 1. The van der Waals surface area contributed by atoms with E-state index in [0.717, 1.165) is 26.1 Å². The molecule has 1 heterocycles. The van der Waals surface area contributed by atoms with E-state index in [1.807, 2.05) is 17.7 Å². The van der Waals surface area contributed by atoms with Crippen LogP contribution in [0.25, 0.3) is 0 Å². The van der Waals surface area contributed by atoms with E-state index in [9.17, 15) is 4.79 Å². The average Bonchev–Trinajstić information content (AvgIpc) is 2.74. The van der Waals surface area contributed by atoms with Gasteiger partial charge >= 0.3 is 0 Å². The molecule has 0 aliphatic rings. The highest BCUT2D eigenvalue weighted by Gasteiger charge is 1.97. The van der Waals surface area contributed by atoms with Crippen molar-refractivity contribution in [1.29, 1.82) is 0 Å². The fourth-order valence-electron chi connectivity index (χ4n) is 1.16. The van der Waals surface area contributed by atoms with Gasteiger partial charge in [0.15, 0.2) is 0 Å². The van der Waals surface area contributed by atoms with Crippen molar-refractivity contribution < 1.29 is 4.79 Å². The molecular formula is C10H18N4O. The van der Waals surface area contributed by atoms with E-state index in [4.69, 9.17) is 0 Å². The molecule has 1 aromatic rings. The molecule has 0 unspecified atom stereocenters. The molecule has 0 aliphatic carbocycles. The van der Waals surface area contributed by atoms with Crippen LogP contribution in [0.5, 0.6) is 0 Å². The largest absolute Gasteiger partial charge is 0.355 e. The van der Waals surface area contributed by atoms with Gasteiger partial charge in [-0.15, -0.1) is 0 Å². The van der Waals surface area contributed by atoms with Crippen LogP contribution in [0, 0.1) is 0 Å². The minimum Gasteiger partial charge on any atom is -0.355 e. The van der Waals surface area contributed by atoms with Crippen molar-refractivity contribution in [3.63, 3.8) is 0 Å². The van der Waals surface area contributed by atoms with Crippen LogP contribution in [0.2, 0.25) is 0 Å². The Kier molecular flexibility index (Phi) is 5.47. The monoisotopic (exact) mass is 210 g/mol. The second-order valence-electron chi connectivity index (χ2n) is 3.33. The van der Waals surface area contributed by atoms with Crippen LogP contribution < -0.4 is 10.6 Å². The van der Waals surface area contributed by atoms with Gasteiger partial charge in [0.25, 0.3) is 0 Å². The number of hydrogen-bond acceptors (Lipinski definition) is 3. The van der Waals surface area contributed by atoms with E-state index in [1.54, 1.807) is 12.5 Å². The van der Waals surface area contributed by atoms with E-state index in [2.05, 4.69) is 15.6 Å². The molecule has 0 bridgehead atoms. The third-order valence-electron chi connectivity index (χ3n) is 1.96. The van der Waals surface area contributed by atoms with Gasteiger partial charge < -0.3 is 15.2 Å². The van der Waals surface area contributed by atoms with Crippen LogP contribution >= 0.6 is 0 Å². The molecule has 0 spiro atoms. The molecule has 0 aromatic carbocycles. The number of amides is 1. The number of carbonyl (C=O) groups excluding carboxylic acids is 1. The Morgan fingerprint density at radius 3 is 3.00 bits per heavy atom. The topological polar surface area (TPSA) is 59.0 Å². The Hall–Kier alpha value is -1.36. The highest BCUT2D eigenvalue weighted by molar-refractivity contribution is 5.77. The summed E-state index contributed by atoms with van der Waals surface area (Å²) in [4.78, 5) is 15.1. The second-order valence-corrected chi connectivity index (χ2v) is 3.33. The van der Waals surface area contributed by atoms with Crippen LogP contribution in [0.15, 0.2) is 18.7 Å². The van der Waals surface area contributed by atoms with Crippen LogP contribution in [-0.2, 0) is 11.3 Å². The van der Waals surface area contributed by atoms with Gasteiger partial charge in [-0.05, 0) is 6.42 Å². The first kappa shape index (κ1) is 11.7. The van der Waals surface area contributed by atoms with Gasteiger partial charge in [-0.2, -0.15) is 0 Å². The fraction of sp³-hybridized carbons (Fsp3) is 0.600. The summed E-state index contributed by atoms with van der Waals surface area (Å²) < 4.78 is 1.97. The summed E-state index contributed by atoms with van der Waals surface area (Å²) in [5.41, 5.74) is 0. The summed E-state index contributed by atoms with van der Waals surface area (Å²) in [6, 6.07) is 0. The highest BCUT2D eigenvalue weighted by Crippen LogP contribution is 1.83. The summed E-state index contributed by atoms with van der Waals surface area (Å²) in [6.45, 7) is 4.78. The van der Waals surface area contributed by atoms with Gasteiger partial charge in [0.2, 0.25) is 5.91 Å². The van der Waals surface area contributed by atoms with Crippen LogP contribution in [0.4, 0.5) is 0 Å². The predicted octanol–water partition coefficient (Wildman–Crippen LogP) is -0.00110. The molecule has 0 saturated heterocycles. The number of carbonyl (C=O) groups is 1. The lowest BCUT2D eigenvalue weighted by atomic mass is 10.4. The molecule has 0 fully saturated rings. The van der Waals surface area contributed by atoms with Gasteiger partial charge in [-0.25, -0.2) is 4.98 Å². The maximum atomic E-state index is 11.2. The average molecular weight is 210 g/mol. The van der Waals surface area contributed by atoms with Gasteiger partial charge in [0, 0.05) is 32.0 Å². The molecule has 0 saturated carbocycles. The van der Waals surface area contributed by atoms with Gasteiger partial charge in [-0.1, -0.05) is 6.92 Å². The molecule has 1 rings (SSSR count). The molecule has 2 N–H and O–H groups in total. The SMILES string of the molecule is CCCNC(=O)CNCCn1ccnc1. The number of rotatable bonds is 7. The van der Waals surface area contributed by atoms with Crippen molar-refractivity contribution in [2.75, 3.05) is 19.6 Å². The van der Waals surface area contributed by atoms with E-state index >= 15 is 0 Å². The fourth-order valence-corrected chi connectivity index (χ4v) is 1.16. The lowest BCUT2D eigenvalue weighted by Gasteiger charge is -2.05. The maximum Gasteiger partial charge on any atom is 0.233 e. The number of hydrogen-bond donors (Lipinski definition) is 2. The molecule has 1 amide bonds. The highest BCUT2D eigenvalue weighted by atomic mass is 16.1. The molecule has 1 aromatic heterocycles. The van der Waals surface area contributed by atoms with Crippen molar-refractivity contribution in [3.05, 3.63) is 18.7 Å². The predicted molar refractivity (Wildman–Crippen MR) is 58.4 cm³/mol. The Bertz CT molecular complexity index is 271. The summed E-state index contributed by atoms with van der Waals surface area (Å²) in [7, 11) is 0. The standard InChI is InChI=1S/C10H18N4O/c1-2-3-13-10(15)8-11-4-6-14-7-5-12-9-14/h5,7,9,11H,2-4,6,8H2,1H3,(H,13,15). The zero-order valence-corrected chi connectivity index (χ0v) is 9.07. The molecule has 0 radical (unpaired) electrons. The third-order valence-corrected chi connectivity index (χ3v) is 1.96. The number of nitrogens with one attached hydrogen (secondary N) is 2. The minimum absolute atomic E-state index is 0.0579. The maximum absolute atomic E-state index is 11.2. The molecule has 0 atom stereocenters. The smallest absolute Gasteiger partial charge is 0.233 e. The molecule has 5 heteroatoms. The van der Waals surface area contributed by atoms with Crippen molar-refractivity contribution in [1.82, 2.24) is 20.2 Å². The second kappa shape index (κ2) is 7.00. The summed E-state index contributed by atoms with van der Waals surface area (Å²) in [5, 5.41) is 5.88. The molecule has 84 valence electrons. The lowest BCUT2D eigenvalue weighted by Crippen LogP contribution is -2.35. The quantitative estimate of drug-likeness (QED) is 0.623. The van der Waals surface area contributed by atoms with Crippen LogP contribution in [0.1, 0.15) is 13.3 Å². The third kappa shape index (κ3) is 5.17. The molecule has 15 heavy (non-hydrogen) atoms. The zero-order valence-electron chi connectivity index (χ0n) is 9.07. The minimum atomic E-state index is 0.0579. The van der Waals surface area contributed by atoms with E-state index in [0.29, 0.717) is 6.54 Å². The van der Waals surface area contributed by atoms with Gasteiger partial charge in [0.1, 0.15) is 0 Å². The number of nitrogens with zero attached hydrogens (tertiary/aromatic N) is 2. The first-order chi connectivity index (χ1) is 7.33. The first-order valence-electron chi connectivity index (χ1n) is 5.26. The Balaban J connectivity index is 1.99. The molecule has 5 nitrogen and oxygen atoms in total. The summed E-state index contributed by atoms with van der Waals surface area (Å²) >= 11 is 0. The van der Waals surface area contributed by atoms with E-state index in [-0.39, 0.29) is 5.91 Å². The molecule has 0 aliphatic heterocycles. The van der Waals surface area contributed by atoms with Crippen molar-refractivity contribution in [2.45, 2.75) is 19.9 Å². The van der Waals surface area contributed by atoms with Crippen molar-refractivity contribution in [3.8, 4) is 0 Å². The van der Waals surface area contributed by atoms with Crippen molar-refractivity contribution in [2.24, 2.45) is 0 Å². The van der Waals surface area contributed by atoms with E-state index < -0.39 is 0 Å². The van der Waals surface area contributed by atoms with E-state index in [1.165, 1.54) is 0 Å². The number of aromatic nitrogens is 2. The Morgan fingerprint density at radius 2 is 2.33 bits per heavy atom. The van der Waals surface area contributed by atoms with Crippen molar-refractivity contribution >= 4 is 5.91 Å². The van der Waals surface area contributed by atoms with Crippen LogP contribution in [-0.4, -0.2) is 35.1 Å². The molecular weight excluding hydrogens is 192 g/mol. The van der Waals surface area contributed by atoms with Gasteiger partial charge in [0.05, 0.1) is 12.9 Å². The normalized spacial score (nSPS) is 10.2. The lowest BCUT2D eigenvalue weighted by molar-refractivity contribution is -0.120. The Labute approximate surface area is 89.9 Å². The van der Waals surface area contributed by atoms with Gasteiger partial charge in [-0.3, -0.25) is 4.79 Å². The first-order valence-corrected chi connectivity index (χ1v) is 5.26. The summed E-state index contributed by atoms with van der Waals surface area (Å²) in [5.74, 6) is 0.0579. The zero-order chi connectivity index (χ0) is 10.9. The summed E-state index contributed by atoms with van der Waals surface area (Å²) in [6.07, 6.45) is 6.38. The Morgan fingerprint density at radius 1 is 1.47 bits per heavy atom. The van der Waals surface area contributed by atoms with Crippen LogP contribution in [0.3, 0.4) is 0 Å².